The second kappa shape index (κ2) is 13.7. The van der Waals surface area contributed by atoms with Crippen LogP contribution in [0.2, 0.25) is 0 Å². The van der Waals surface area contributed by atoms with E-state index < -0.39 is 0 Å². The van der Waals surface area contributed by atoms with Crippen molar-refractivity contribution in [2.75, 3.05) is 0 Å². The van der Waals surface area contributed by atoms with Gasteiger partial charge < -0.3 is 0 Å². The second-order valence-electron chi connectivity index (χ2n) is 18.6. The Labute approximate surface area is 354 Å². The highest BCUT2D eigenvalue weighted by atomic mass is 14.6. The van der Waals surface area contributed by atoms with Gasteiger partial charge in [0.25, 0.3) is 0 Å². The third-order valence-electron chi connectivity index (χ3n) is 16.1. The molecule has 3 fully saturated rings. The lowest BCUT2D eigenvalue weighted by molar-refractivity contribution is 0.204. The first kappa shape index (κ1) is 34.6. The minimum absolute atomic E-state index is 0.368. The van der Waals surface area contributed by atoms with Crippen LogP contribution in [0.5, 0.6) is 0 Å². The van der Waals surface area contributed by atoms with Crippen molar-refractivity contribution < 1.29 is 0 Å². The van der Waals surface area contributed by atoms with Gasteiger partial charge in [0, 0.05) is 0 Å². The first-order valence-corrected chi connectivity index (χ1v) is 22.4. The maximum atomic E-state index is 2.72. The van der Waals surface area contributed by atoms with Gasteiger partial charge in [0.05, 0.1) is 0 Å². The molecule has 3 saturated carbocycles. The van der Waals surface area contributed by atoms with E-state index in [1.54, 1.807) is 33.4 Å². The lowest BCUT2D eigenvalue weighted by Crippen LogP contribution is -2.45. The van der Waals surface area contributed by atoms with Crippen LogP contribution >= 0.6 is 0 Å². The van der Waals surface area contributed by atoms with Gasteiger partial charge in [-0.1, -0.05) is 218 Å². The zero-order chi connectivity index (χ0) is 39.3. The molecule has 288 valence electrons. The summed E-state index contributed by atoms with van der Waals surface area (Å²) in [6.07, 6.45) is 0. The summed E-state index contributed by atoms with van der Waals surface area (Å²) in [4.78, 5) is 0. The van der Waals surface area contributed by atoms with E-state index in [-0.39, 0.29) is 0 Å². The molecular formula is C60H48. The zero-order valence-electron chi connectivity index (χ0n) is 33.7. The van der Waals surface area contributed by atoms with Crippen LogP contribution in [0.1, 0.15) is 138 Å². The van der Waals surface area contributed by atoms with Gasteiger partial charge in [0.2, 0.25) is 0 Å². The average molecular weight is 769 g/mol. The summed E-state index contributed by atoms with van der Waals surface area (Å²) in [7, 11) is 0. The van der Waals surface area contributed by atoms with Gasteiger partial charge in [-0.05, 0) is 138 Å². The lowest BCUT2D eigenvalue weighted by Gasteiger charge is -2.59. The molecule has 0 aromatic heterocycles. The molecule has 6 aliphatic rings. The summed E-state index contributed by atoms with van der Waals surface area (Å²) < 4.78 is 0. The van der Waals surface area contributed by atoms with Crippen molar-refractivity contribution in [3.05, 3.63) is 285 Å². The SMILES string of the molecule is c1ccc(C2C(c3ccccc3)C3c4cc5cc(c4)C4C(c6ccccc6)C(c6ccccc6)C4c4cc(cc(c4)C4C(c6ccccc6)C(c6ccccc6)C54)C23)cc1. The van der Waals surface area contributed by atoms with E-state index in [0.717, 1.165) is 0 Å². The van der Waals surface area contributed by atoms with E-state index in [2.05, 4.69) is 218 Å². The van der Waals surface area contributed by atoms with E-state index in [9.17, 15) is 0 Å². The van der Waals surface area contributed by atoms with Gasteiger partial charge in [0.15, 0.2) is 0 Å². The van der Waals surface area contributed by atoms with Crippen LogP contribution in [0.25, 0.3) is 0 Å². The van der Waals surface area contributed by atoms with Crippen LogP contribution in [-0.2, 0) is 0 Å². The zero-order valence-corrected chi connectivity index (χ0v) is 33.7. The maximum absolute atomic E-state index is 2.72. The Morgan fingerprint density at radius 3 is 0.383 bits per heavy atom. The summed E-state index contributed by atoms with van der Waals surface area (Å²) in [6.45, 7) is 0. The molecule has 12 unspecified atom stereocenters. The van der Waals surface area contributed by atoms with Crippen molar-refractivity contribution in [1.82, 2.24) is 0 Å². The highest BCUT2D eigenvalue weighted by Gasteiger charge is 2.59. The molecule has 0 saturated heterocycles. The molecule has 0 spiro atoms. The minimum Gasteiger partial charge on any atom is -0.0622 e. The normalized spacial score (nSPS) is 30.0. The highest BCUT2D eigenvalue weighted by Crippen LogP contribution is 2.74. The van der Waals surface area contributed by atoms with Crippen LogP contribution in [-0.4, -0.2) is 0 Å². The number of hydrogen-bond donors (Lipinski definition) is 0. The molecule has 14 rings (SSSR count). The largest absolute Gasteiger partial charge is 0.0622 e. The molecule has 12 atom stereocenters. The molecule has 0 nitrogen and oxygen atoms in total. The van der Waals surface area contributed by atoms with E-state index in [1.807, 2.05) is 0 Å². The summed E-state index contributed by atoms with van der Waals surface area (Å²) in [5.74, 6) is 4.49. The molecule has 0 heteroatoms. The predicted molar refractivity (Wildman–Crippen MR) is 244 cm³/mol. The third kappa shape index (κ3) is 5.10. The molecular weight excluding hydrogens is 721 g/mol. The fraction of sp³-hybridized carbons (Fsp3) is 0.200. The summed E-state index contributed by atoms with van der Waals surface area (Å²) in [5, 5.41) is 0. The van der Waals surface area contributed by atoms with Gasteiger partial charge in [-0.2, -0.15) is 0 Å². The van der Waals surface area contributed by atoms with Gasteiger partial charge in [-0.25, -0.2) is 0 Å². The average Bonchev–Trinajstić information content (AvgIpc) is 3.27. The Bertz CT molecular complexity index is 2280. The highest BCUT2D eigenvalue weighted by molar-refractivity contribution is 5.60. The van der Waals surface area contributed by atoms with E-state index in [0.29, 0.717) is 71.0 Å². The van der Waals surface area contributed by atoms with Crippen molar-refractivity contribution >= 4 is 0 Å². The van der Waals surface area contributed by atoms with Gasteiger partial charge >= 0.3 is 0 Å². The Morgan fingerprint density at radius 1 is 0.133 bits per heavy atom. The van der Waals surface area contributed by atoms with Crippen molar-refractivity contribution in [2.45, 2.75) is 71.0 Å². The van der Waals surface area contributed by atoms with E-state index >= 15 is 0 Å². The van der Waals surface area contributed by atoms with Crippen molar-refractivity contribution in [2.24, 2.45) is 0 Å². The molecule has 8 aromatic rings. The topological polar surface area (TPSA) is 0 Å². The Kier molecular flexibility index (Phi) is 7.87. The Balaban J connectivity index is 1.11. The van der Waals surface area contributed by atoms with Gasteiger partial charge in [0.1, 0.15) is 0 Å². The minimum atomic E-state index is 0.368. The predicted octanol–water partition coefficient (Wildman–Crippen LogP) is 14.7. The quantitative estimate of drug-likeness (QED) is 0.158. The molecule has 0 N–H and O–H groups in total. The molecule has 0 aliphatic heterocycles. The fourth-order valence-corrected chi connectivity index (χ4v) is 13.8. The van der Waals surface area contributed by atoms with Crippen molar-refractivity contribution in [3.8, 4) is 0 Å². The fourth-order valence-electron chi connectivity index (χ4n) is 13.8. The van der Waals surface area contributed by atoms with Crippen LogP contribution in [0.3, 0.4) is 0 Å². The first-order valence-electron chi connectivity index (χ1n) is 22.4. The van der Waals surface area contributed by atoms with Crippen LogP contribution in [0.4, 0.5) is 0 Å². The third-order valence-corrected chi connectivity index (χ3v) is 16.1. The van der Waals surface area contributed by atoms with Crippen molar-refractivity contribution in [1.29, 1.82) is 0 Å². The molecule has 60 heavy (non-hydrogen) atoms. The molecule has 6 bridgehead atoms. The van der Waals surface area contributed by atoms with E-state index in [4.69, 9.17) is 0 Å². The molecule has 0 radical (unpaired) electrons. The molecule has 0 amide bonds. The standard InChI is InChI=1S/C60H48/c1-7-19-37(20-8-1)49-50(38-21-9-2-10-22-38)56-44-33-47-36-48(34-44)60-54(42-29-17-6-18-30-42)52(40-25-13-4-14-26-40)58(60)46-32-43(55(49)56)31-45(35-46)57-51(39-23-11-3-12-24-39)53(59(47)57)41-27-15-5-16-28-41/h1-36,49-60H. The molecule has 0 heterocycles. The monoisotopic (exact) mass is 768 g/mol. The summed E-state index contributed by atoms with van der Waals surface area (Å²) in [5.41, 5.74) is 18.1. The van der Waals surface area contributed by atoms with Crippen LogP contribution < -0.4 is 0 Å². The number of hydrogen-bond acceptors (Lipinski definition) is 0. The van der Waals surface area contributed by atoms with Crippen LogP contribution in [0, 0.1) is 0 Å². The lowest BCUT2D eigenvalue weighted by atomic mass is 9.43. The molecule has 8 aromatic carbocycles. The summed E-state index contributed by atoms with van der Waals surface area (Å²) >= 11 is 0. The smallest absolute Gasteiger partial charge is 0.00118 e. The Hall–Kier alpha value is -6.24. The van der Waals surface area contributed by atoms with Crippen molar-refractivity contribution in [3.63, 3.8) is 0 Å². The second-order valence-corrected chi connectivity index (χ2v) is 18.6. The van der Waals surface area contributed by atoms with Gasteiger partial charge in [-0.15, -0.1) is 0 Å². The first-order chi connectivity index (χ1) is 29.8. The van der Waals surface area contributed by atoms with Crippen LogP contribution in [0.15, 0.2) is 218 Å². The maximum Gasteiger partial charge on any atom is -0.00118 e. The Morgan fingerprint density at radius 2 is 0.250 bits per heavy atom. The van der Waals surface area contributed by atoms with E-state index in [1.165, 1.54) is 33.4 Å². The number of benzene rings is 8. The molecule has 6 aliphatic carbocycles. The summed E-state index contributed by atoms with van der Waals surface area (Å²) in [6, 6.07) is 85.4. The van der Waals surface area contributed by atoms with Gasteiger partial charge in [-0.3, -0.25) is 0 Å². The number of rotatable bonds is 6.